The average molecular weight is 285 g/mol. The number of sulfonamides is 1. The molecule has 106 valence electrons. The molecule has 1 aliphatic carbocycles. The maximum atomic E-state index is 12.2. The van der Waals surface area contributed by atoms with E-state index in [4.69, 9.17) is 4.74 Å². The SMILES string of the molecule is COc1ccc(S(=O)(=O)N[C@H]2CCCC[C@@H]2O)cc1. The number of ether oxygens (including phenoxy) is 1. The molecule has 0 heterocycles. The van der Waals surface area contributed by atoms with E-state index in [2.05, 4.69) is 4.72 Å². The molecule has 1 aliphatic rings. The lowest BCUT2D eigenvalue weighted by molar-refractivity contribution is 0.101. The van der Waals surface area contributed by atoms with Gasteiger partial charge < -0.3 is 9.84 Å². The Labute approximate surface area is 113 Å². The first-order valence-corrected chi connectivity index (χ1v) is 7.86. The summed E-state index contributed by atoms with van der Waals surface area (Å²) in [6, 6.07) is 5.81. The first kappa shape index (κ1) is 14.3. The number of hydrogen-bond acceptors (Lipinski definition) is 4. The Balaban J connectivity index is 2.12. The third-order valence-electron chi connectivity index (χ3n) is 3.41. The van der Waals surface area contributed by atoms with Crippen LogP contribution in [0.25, 0.3) is 0 Å². The van der Waals surface area contributed by atoms with Crippen LogP contribution in [0.4, 0.5) is 0 Å². The Morgan fingerprint density at radius 1 is 1.21 bits per heavy atom. The number of methoxy groups -OCH3 is 1. The van der Waals surface area contributed by atoms with Crippen LogP contribution in [-0.4, -0.2) is 32.8 Å². The molecule has 0 aromatic heterocycles. The third-order valence-corrected chi connectivity index (χ3v) is 4.91. The van der Waals surface area contributed by atoms with Crippen LogP contribution in [0.15, 0.2) is 29.2 Å². The number of aliphatic hydroxyl groups excluding tert-OH is 1. The van der Waals surface area contributed by atoms with Crippen LogP contribution >= 0.6 is 0 Å². The maximum absolute atomic E-state index is 12.2. The van der Waals surface area contributed by atoms with Crippen molar-refractivity contribution in [1.29, 1.82) is 0 Å². The summed E-state index contributed by atoms with van der Waals surface area (Å²) >= 11 is 0. The number of aliphatic hydroxyl groups is 1. The molecular formula is C13H19NO4S. The lowest BCUT2D eigenvalue weighted by Crippen LogP contribution is -2.44. The van der Waals surface area contributed by atoms with Crippen LogP contribution in [-0.2, 0) is 10.0 Å². The van der Waals surface area contributed by atoms with Gasteiger partial charge in [-0.25, -0.2) is 13.1 Å². The van der Waals surface area contributed by atoms with E-state index in [9.17, 15) is 13.5 Å². The molecule has 2 rings (SSSR count). The summed E-state index contributed by atoms with van der Waals surface area (Å²) in [5.74, 6) is 0.608. The topological polar surface area (TPSA) is 75.6 Å². The third kappa shape index (κ3) is 3.46. The highest BCUT2D eigenvalue weighted by Crippen LogP contribution is 2.21. The predicted octanol–water partition coefficient (Wildman–Crippen LogP) is 1.28. The smallest absolute Gasteiger partial charge is 0.240 e. The van der Waals surface area contributed by atoms with E-state index in [1.165, 1.54) is 19.2 Å². The predicted molar refractivity (Wildman–Crippen MR) is 71.6 cm³/mol. The number of hydrogen-bond donors (Lipinski definition) is 2. The summed E-state index contributed by atoms with van der Waals surface area (Å²) < 4.78 is 31.9. The monoisotopic (exact) mass is 285 g/mol. The van der Waals surface area contributed by atoms with Crippen molar-refractivity contribution in [1.82, 2.24) is 4.72 Å². The summed E-state index contributed by atoms with van der Waals surface area (Å²) in [5, 5.41) is 9.81. The van der Waals surface area contributed by atoms with Crippen LogP contribution in [0.1, 0.15) is 25.7 Å². The Hall–Kier alpha value is -1.11. The molecule has 1 fully saturated rings. The Morgan fingerprint density at radius 2 is 1.84 bits per heavy atom. The summed E-state index contributed by atoms with van der Waals surface area (Å²) in [6.07, 6.45) is 2.61. The van der Waals surface area contributed by atoms with Gasteiger partial charge in [0.15, 0.2) is 0 Å². The second-order valence-corrected chi connectivity index (χ2v) is 6.47. The van der Waals surface area contributed by atoms with Crippen LogP contribution in [0.2, 0.25) is 0 Å². The molecule has 0 radical (unpaired) electrons. The van der Waals surface area contributed by atoms with E-state index in [0.717, 1.165) is 12.8 Å². The summed E-state index contributed by atoms with van der Waals surface area (Å²) in [4.78, 5) is 0.186. The van der Waals surface area contributed by atoms with Gasteiger partial charge in [0.25, 0.3) is 0 Å². The van der Waals surface area contributed by atoms with Crippen LogP contribution in [0, 0.1) is 0 Å². The normalized spacial score (nSPS) is 24.1. The standard InChI is InChI=1S/C13H19NO4S/c1-18-10-6-8-11(9-7-10)19(16,17)14-12-4-2-3-5-13(12)15/h6-9,12-15H,2-5H2,1H3/t12-,13-/m0/s1. The van der Waals surface area contributed by atoms with Gasteiger partial charge in [-0.2, -0.15) is 0 Å². The quantitative estimate of drug-likeness (QED) is 0.873. The fraction of sp³-hybridized carbons (Fsp3) is 0.538. The second-order valence-electron chi connectivity index (χ2n) is 4.76. The van der Waals surface area contributed by atoms with Crippen molar-refractivity contribution in [3.05, 3.63) is 24.3 Å². The average Bonchev–Trinajstić information content (AvgIpc) is 2.41. The fourth-order valence-corrected chi connectivity index (χ4v) is 3.57. The van der Waals surface area contributed by atoms with Gasteiger partial charge in [0.2, 0.25) is 10.0 Å². The number of benzene rings is 1. The maximum Gasteiger partial charge on any atom is 0.240 e. The van der Waals surface area contributed by atoms with E-state index >= 15 is 0 Å². The van der Waals surface area contributed by atoms with Crippen molar-refractivity contribution in [2.75, 3.05) is 7.11 Å². The molecule has 5 nitrogen and oxygen atoms in total. The van der Waals surface area contributed by atoms with Crippen molar-refractivity contribution in [3.8, 4) is 5.75 Å². The highest BCUT2D eigenvalue weighted by atomic mass is 32.2. The van der Waals surface area contributed by atoms with Gasteiger partial charge in [0.1, 0.15) is 5.75 Å². The van der Waals surface area contributed by atoms with E-state index in [0.29, 0.717) is 18.6 Å². The highest BCUT2D eigenvalue weighted by molar-refractivity contribution is 7.89. The largest absolute Gasteiger partial charge is 0.497 e. The minimum Gasteiger partial charge on any atom is -0.497 e. The molecule has 2 atom stereocenters. The lowest BCUT2D eigenvalue weighted by atomic mass is 9.93. The number of rotatable bonds is 4. The van der Waals surface area contributed by atoms with Gasteiger partial charge in [0.05, 0.1) is 18.1 Å². The summed E-state index contributed by atoms with van der Waals surface area (Å²) in [5.41, 5.74) is 0. The van der Waals surface area contributed by atoms with Crippen molar-refractivity contribution < 1.29 is 18.3 Å². The lowest BCUT2D eigenvalue weighted by Gasteiger charge is -2.28. The van der Waals surface area contributed by atoms with Gasteiger partial charge in [-0.05, 0) is 37.1 Å². The Kier molecular flexibility index (Phi) is 4.44. The van der Waals surface area contributed by atoms with Crippen molar-refractivity contribution in [2.45, 2.75) is 42.7 Å². The van der Waals surface area contributed by atoms with Gasteiger partial charge in [-0.1, -0.05) is 12.8 Å². The minimum absolute atomic E-state index is 0.186. The summed E-state index contributed by atoms with van der Waals surface area (Å²) in [7, 11) is -2.06. The molecule has 0 saturated heterocycles. The molecule has 0 unspecified atom stereocenters. The van der Waals surface area contributed by atoms with E-state index < -0.39 is 16.1 Å². The van der Waals surface area contributed by atoms with Crippen molar-refractivity contribution in [3.63, 3.8) is 0 Å². The molecule has 1 aromatic carbocycles. The Bertz CT molecular complexity index is 512. The molecule has 0 bridgehead atoms. The molecule has 1 saturated carbocycles. The molecule has 19 heavy (non-hydrogen) atoms. The molecule has 2 N–H and O–H groups in total. The van der Waals surface area contributed by atoms with Gasteiger partial charge in [-0.15, -0.1) is 0 Å². The number of nitrogens with one attached hydrogen (secondary N) is 1. The molecule has 6 heteroatoms. The molecule has 0 aliphatic heterocycles. The zero-order chi connectivity index (χ0) is 13.9. The van der Waals surface area contributed by atoms with Crippen LogP contribution < -0.4 is 9.46 Å². The molecule has 1 aromatic rings. The van der Waals surface area contributed by atoms with Gasteiger partial charge >= 0.3 is 0 Å². The zero-order valence-electron chi connectivity index (χ0n) is 10.9. The van der Waals surface area contributed by atoms with Crippen molar-refractivity contribution >= 4 is 10.0 Å². The van der Waals surface area contributed by atoms with E-state index in [1.54, 1.807) is 12.1 Å². The molecule has 0 amide bonds. The zero-order valence-corrected chi connectivity index (χ0v) is 11.7. The fourth-order valence-electron chi connectivity index (χ4n) is 2.27. The van der Waals surface area contributed by atoms with Crippen LogP contribution in [0.5, 0.6) is 5.75 Å². The summed E-state index contributed by atoms with van der Waals surface area (Å²) in [6.45, 7) is 0. The minimum atomic E-state index is -3.58. The van der Waals surface area contributed by atoms with E-state index in [1.807, 2.05) is 0 Å². The van der Waals surface area contributed by atoms with Crippen LogP contribution in [0.3, 0.4) is 0 Å². The Morgan fingerprint density at radius 3 is 2.42 bits per heavy atom. The first-order valence-electron chi connectivity index (χ1n) is 6.37. The van der Waals surface area contributed by atoms with Gasteiger partial charge in [-0.3, -0.25) is 0 Å². The van der Waals surface area contributed by atoms with Crippen molar-refractivity contribution in [2.24, 2.45) is 0 Å². The molecular weight excluding hydrogens is 266 g/mol. The second kappa shape index (κ2) is 5.90. The van der Waals surface area contributed by atoms with Gasteiger partial charge in [0, 0.05) is 6.04 Å². The van der Waals surface area contributed by atoms with E-state index in [-0.39, 0.29) is 10.9 Å². The first-order chi connectivity index (χ1) is 9.03. The molecule has 0 spiro atoms. The highest BCUT2D eigenvalue weighted by Gasteiger charge is 2.27.